The van der Waals surface area contributed by atoms with Crippen molar-refractivity contribution in [3.63, 3.8) is 0 Å². The molecule has 0 aromatic rings. The molecular weight excluding hydrogens is 198 g/mol. The summed E-state index contributed by atoms with van der Waals surface area (Å²) in [6.07, 6.45) is 0.187. The van der Waals surface area contributed by atoms with Crippen LogP contribution in [0.25, 0.3) is 0 Å². The number of amides is 2. The lowest BCUT2D eigenvalue weighted by molar-refractivity contribution is -0.123. The number of nitrogens with one attached hydrogen (secondary N) is 2. The zero-order valence-corrected chi connectivity index (χ0v) is 8.79. The average molecular weight is 215 g/mol. The highest BCUT2D eigenvalue weighted by Gasteiger charge is 2.28. The Labute approximate surface area is 88.5 Å². The SMILES string of the molecule is CC1CCNC1C(=O)NCCOC(N)=O. The maximum absolute atomic E-state index is 11.6. The summed E-state index contributed by atoms with van der Waals surface area (Å²) in [5.41, 5.74) is 4.77. The fourth-order valence-corrected chi connectivity index (χ4v) is 1.62. The van der Waals surface area contributed by atoms with Crippen molar-refractivity contribution in [2.45, 2.75) is 19.4 Å². The second kappa shape index (κ2) is 5.55. The number of ether oxygens (including phenoxy) is 1. The van der Waals surface area contributed by atoms with Crippen molar-refractivity contribution < 1.29 is 14.3 Å². The van der Waals surface area contributed by atoms with Gasteiger partial charge in [0.05, 0.1) is 12.6 Å². The van der Waals surface area contributed by atoms with Crippen LogP contribution in [-0.4, -0.2) is 37.7 Å². The summed E-state index contributed by atoms with van der Waals surface area (Å²) >= 11 is 0. The lowest BCUT2D eigenvalue weighted by atomic mass is 10.0. The Morgan fingerprint density at radius 2 is 2.33 bits per heavy atom. The minimum absolute atomic E-state index is 0.0481. The molecular formula is C9H17N3O3. The molecule has 15 heavy (non-hydrogen) atoms. The summed E-state index contributed by atoms with van der Waals surface area (Å²) in [7, 11) is 0. The smallest absolute Gasteiger partial charge is 0.404 e. The van der Waals surface area contributed by atoms with Gasteiger partial charge in [0.2, 0.25) is 5.91 Å². The number of carbonyl (C=O) groups is 2. The van der Waals surface area contributed by atoms with Gasteiger partial charge in [-0.1, -0.05) is 6.92 Å². The van der Waals surface area contributed by atoms with Crippen LogP contribution < -0.4 is 16.4 Å². The van der Waals surface area contributed by atoms with Crippen LogP contribution in [-0.2, 0) is 9.53 Å². The van der Waals surface area contributed by atoms with E-state index in [-0.39, 0.29) is 18.6 Å². The van der Waals surface area contributed by atoms with Crippen LogP contribution in [0.15, 0.2) is 0 Å². The lowest BCUT2D eigenvalue weighted by Gasteiger charge is -2.15. The van der Waals surface area contributed by atoms with Crippen LogP contribution in [0.3, 0.4) is 0 Å². The van der Waals surface area contributed by atoms with Gasteiger partial charge in [-0.05, 0) is 18.9 Å². The molecule has 1 aliphatic rings. The van der Waals surface area contributed by atoms with E-state index in [0.717, 1.165) is 13.0 Å². The quantitative estimate of drug-likeness (QED) is 0.535. The molecule has 0 bridgehead atoms. The van der Waals surface area contributed by atoms with Crippen molar-refractivity contribution in [1.82, 2.24) is 10.6 Å². The first-order chi connectivity index (χ1) is 7.11. The first kappa shape index (κ1) is 11.8. The van der Waals surface area contributed by atoms with E-state index in [9.17, 15) is 9.59 Å². The van der Waals surface area contributed by atoms with Gasteiger partial charge in [0.15, 0.2) is 0 Å². The third-order valence-electron chi connectivity index (χ3n) is 2.46. The highest BCUT2D eigenvalue weighted by atomic mass is 16.5. The molecule has 1 rings (SSSR count). The van der Waals surface area contributed by atoms with E-state index in [1.54, 1.807) is 0 Å². The van der Waals surface area contributed by atoms with E-state index >= 15 is 0 Å². The average Bonchev–Trinajstić information content (AvgIpc) is 2.58. The van der Waals surface area contributed by atoms with Crippen molar-refractivity contribution in [3.8, 4) is 0 Å². The van der Waals surface area contributed by atoms with E-state index in [1.165, 1.54) is 0 Å². The number of hydrogen-bond acceptors (Lipinski definition) is 4. The molecule has 0 aromatic heterocycles. The van der Waals surface area contributed by atoms with E-state index < -0.39 is 6.09 Å². The zero-order chi connectivity index (χ0) is 11.3. The molecule has 6 heteroatoms. The summed E-state index contributed by atoms with van der Waals surface area (Å²) in [6, 6.07) is -0.126. The Kier molecular flexibility index (Phi) is 4.36. The first-order valence-corrected chi connectivity index (χ1v) is 5.04. The van der Waals surface area contributed by atoms with Gasteiger partial charge < -0.3 is 21.1 Å². The van der Waals surface area contributed by atoms with Gasteiger partial charge in [0.1, 0.15) is 6.61 Å². The van der Waals surface area contributed by atoms with Crippen LogP contribution >= 0.6 is 0 Å². The van der Waals surface area contributed by atoms with Crippen molar-refractivity contribution >= 4 is 12.0 Å². The Morgan fingerprint density at radius 1 is 1.60 bits per heavy atom. The molecule has 1 heterocycles. The van der Waals surface area contributed by atoms with Crippen molar-refractivity contribution in [2.24, 2.45) is 11.7 Å². The minimum atomic E-state index is -0.823. The van der Waals surface area contributed by atoms with Crippen LogP contribution in [0.4, 0.5) is 4.79 Å². The Hall–Kier alpha value is -1.30. The third kappa shape index (κ3) is 3.75. The van der Waals surface area contributed by atoms with Gasteiger partial charge in [-0.3, -0.25) is 4.79 Å². The van der Waals surface area contributed by atoms with Gasteiger partial charge in [-0.15, -0.1) is 0 Å². The van der Waals surface area contributed by atoms with Crippen molar-refractivity contribution in [2.75, 3.05) is 19.7 Å². The molecule has 2 unspecified atom stereocenters. The summed E-state index contributed by atoms with van der Waals surface area (Å²) < 4.78 is 4.49. The third-order valence-corrected chi connectivity index (χ3v) is 2.46. The summed E-state index contributed by atoms with van der Waals surface area (Å²) in [4.78, 5) is 21.8. The molecule has 0 radical (unpaired) electrons. The summed E-state index contributed by atoms with van der Waals surface area (Å²) in [5, 5.41) is 5.79. The predicted octanol–water partition coefficient (Wildman–Crippen LogP) is -0.804. The molecule has 2 amide bonds. The topological polar surface area (TPSA) is 93.4 Å². The van der Waals surface area contributed by atoms with E-state index in [1.807, 2.05) is 6.92 Å². The maximum atomic E-state index is 11.6. The number of nitrogens with two attached hydrogens (primary N) is 1. The van der Waals surface area contributed by atoms with Gasteiger partial charge >= 0.3 is 6.09 Å². The minimum Gasteiger partial charge on any atom is -0.448 e. The van der Waals surface area contributed by atoms with E-state index in [0.29, 0.717) is 12.5 Å². The van der Waals surface area contributed by atoms with Crippen LogP contribution in [0.2, 0.25) is 0 Å². The molecule has 1 aliphatic heterocycles. The molecule has 0 aromatic carbocycles. The fourth-order valence-electron chi connectivity index (χ4n) is 1.62. The Morgan fingerprint density at radius 3 is 2.87 bits per heavy atom. The molecule has 0 saturated carbocycles. The number of carbonyl (C=O) groups excluding carboxylic acids is 2. The second-order valence-electron chi connectivity index (χ2n) is 3.66. The predicted molar refractivity (Wildman–Crippen MR) is 54.1 cm³/mol. The van der Waals surface area contributed by atoms with Gasteiger partial charge in [0, 0.05) is 0 Å². The van der Waals surface area contributed by atoms with Crippen molar-refractivity contribution in [1.29, 1.82) is 0 Å². The number of primary amides is 1. The second-order valence-corrected chi connectivity index (χ2v) is 3.66. The molecule has 0 aliphatic carbocycles. The zero-order valence-electron chi connectivity index (χ0n) is 8.79. The van der Waals surface area contributed by atoms with Crippen molar-refractivity contribution in [3.05, 3.63) is 0 Å². The highest BCUT2D eigenvalue weighted by Crippen LogP contribution is 2.13. The molecule has 4 N–H and O–H groups in total. The van der Waals surface area contributed by atoms with E-state index in [4.69, 9.17) is 5.73 Å². The number of hydrogen-bond donors (Lipinski definition) is 3. The molecule has 2 atom stereocenters. The molecule has 86 valence electrons. The Bertz CT molecular complexity index is 245. The van der Waals surface area contributed by atoms with Crippen LogP contribution in [0.1, 0.15) is 13.3 Å². The van der Waals surface area contributed by atoms with Gasteiger partial charge in [-0.2, -0.15) is 0 Å². The maximum Gasteiger partial charge on any atom is 0.404 e. The van der Waals surface area contributed by atoms with Crippen LogP contribution in [0.5, 0.6) is 0 Å². The van der Waals surface area contributed by atoms with Gasteiger partial charge in [-0.25, -0.2) is 4.79 Å². The monoisotopic (exact) mass is 215 g/mol. The number of rotatable bonds is 4. The van der Waals surface area contributed by atoms with E-state index in [2.05, 4.69) is 15.4 Å². The van der Waals surface area contributed by atoms with Crippen LogP contribution in [0, 0.1) is 5.92 Å². The Balaban J connectivity index is 2.15. The lowest BCUT2D eigenvalue weighted by Crippen LogP contribution is -2.44. The fraction of sp³-hybridized carbons (Fsp3) is 0.778. The largest absolute Gasteiger partial charge is 0.448 e. The first-order valence-electron chi connectivity index (χ1n) is 5.04. The van der Waals surface area contributed by atoms with Gasteiger partial charge in [0.25, 0.3) is 0 Å². The normalized spacial score (nSPS) is 24.9. The molecule has 0 spiro atoms. The molecule has 1 fully saturated rings. The molecule has 1 saturated heterocycles. The highest BCUT2D eigenvalue weighted by molar-refractivity contribution is 5.82. The summed E-state index contributed by atoms with van der Waals surface area (Å²) in [6.45, 7) is 3.32. The standard InChI is InChI=1S/C9H17N3O3/c1-6-2-3-11-7(6)8(13)12-4-5-15-9(10)14/h6-7,11H,2-5H2,1H3,(H2,10,14)(H,12,13). The summed E-state index contributed by atoms with van der Waals surface area (Å²) in [5.74, 6) is 0.301. The molecule has 6 nitrogen and oxygen atoms in total.